The Morgan fingerprint density at radius 2 is 1.68 bits per heavy atom. The first kappa shape index (κ1) is 18.1. The largest absolute Gasteiger partial charge is 0.365 e. The summed E-state index contributed by atoms with van der Waals surface area (Å²) in [6.45, 7) is 4.35. The monoisotopic (exact) mass is 398 g/mol. The van der Waals surface area contributed by atoms with Crippen LogP contribution in [0.4, 0.5) is 16.2 Å². The van der Waals surface area contributed by atoms with Crippen molar-refractivity contribution < 1.29 is 4.79 Å². The highest BCUT2D eigenvalue weighted by Gasteiger charge is 2.24. The zero-order valence-electron chi connectivity index (χ0n) is 13.6. The van der Waals surface area contributed by atoms with Gasteiger partial charge in [0.15, 0.2) is 0 Å². The molecule has 1 saturated heterocycles. The standard InChI is InChI=1S/C17H17Cl3N4O/c1-11-2-3-12(8-13(11)18)22-17(25)24-6-4-23(5-7-24)16-14(19)9-21-10-15(16)20/h2-3,8-10H,4-7H2,1H3,(H,22,25). The van der Waals surface area contributed by atoms with Gasteiger partial charge >= 0.3 is 6.03 Å². The molecule has 2 heterocycles. The number of benzene rings is 1. The van der Waals surface area contributed by atoms with Crippen LogP contribution >= 0.6 is 34.8 Å². The average Bonchev–Trinajstić information content (AvgIpc) is 2.58. The summed E-state index contributed by atoms with van der Waals surface area (Å²) in [6, 6.07) is 5.32. The number of amides is 2. The fourth-order valence-corrected chi connectivity index (χ4v) is 3.50. The highest BCUT2D eigenvalue weighted by Crippen LogP contribution is 2.33. The van der Waals surface area contributed by atoms with E-state index in [-0.39, 0.29) is 6.03 Å². The minimum Gasteiger partial charge on any atom is -0.365 e. The van der Waals surface area contributed by atoms with Crippen molar-refractivity contribution in [3.8, 4) is 0 Å². The van der Waals surface area contributed by atoms with Crippen molar-refractivity contribution in [1.82, 2.24) is 9.88 Å². The summed E-state index contributed by atoms with van der Waals surface area (Å²) in [4.78, 5) is 20.2. The number of nitrogens with one attached hydrogen (secondary N) is 1. The van der Waals surface area contributed by atoms with Gasteiger partial charge in [0.25, 0.3) is 0 Å². The second-order valence-electron chi connectivity index (χ2n) is 5.82. The van der Waals surface area contributed by atoms with Crippen molar-refractivity contribution in [2.75, 3.05) is 36.4 Å². The normalized spacial score (nSPS) is 14.6. The van der Waals surface area contributed by atoms with Crippen LogP contribution in [0.25, 0.3) is 0 Å². The predicted molar refractivity (Wildman–Crippen MR) is 103 cm³/mol. The smallest absolute Gasteiger partial charge is 0.321 e. The van der Waals surface area contributed by atoms with Gasteiger partial charge in [-0.05, 0) is 24.6 Å². The third kappa shape index (κ3) is 4.11. The average molecular weight is 400 g/mol. The van der Waals surface area contributed by atoms with Crippen LogP contribution in [-0.4, -0.2) is 42.1 Å². The number of piperazine rings is 1. The Hall–Kier alpha value is -1.69. The van der Waals surface area contributed by atoms with E-state index >= 15 is 0 Å². The van der Waals surface area contributed by atoms with Gasteiger partial charge in [0.2, 0.25) is 0 Å². The van der Waals surface area contributed by atoms with Gasteiger partial charge in [-0.15, -0.1) is 0 Å². The summed E-state index contributed by atoms with van der Waals surface area (Å²) in [5.41, 5.74) is 2.42. The van der Waals surface area contributed by atoms with Gasteiger partial charge in [0.1, 0.15) is 0 Å². The van der Waals surface area contributed by atoms with Crippen molar-refractivity contribution >= 4 is 52.2 Å². The van der Waals surface area contributed by atoms with Crippen LogP contribution in [0.5, 0.6) is 0 Å². The molecule has 0 saturated carbocycles. The van der Waals surface area contributed by atoms with Gasteiger partial charge in [-0.2, -0.15) is 0 Å². The van der Waals surface area contributed by atoms with Gasteiger partial charge in [-0.1, -0.05) is 40.9 Å². The molecule has 2 aromatic rings. The molecule has 0 bridgehead atoms. The van der Waals surface area contributed by atoms with E-state index in [1.54, 1.807) is 23.4 Å². The Labute approximate surface area is 161 Å². The van der Waals surface area contributed by atoms with Gasteiger partial charge in [-0.3, -0.25) is 4.98 Å². The predicted octanol–water partition coefficient (Wildman–Crippen LogP) is 4.70. The first-order chi connectivity index (χ1) is 12.0. The molecule has 1 aliphatic rings. The maximum absolute atomic E-state index is 12.4. The lowest BCUT2D eigenvalue weighted by Crippen LogP contribution is -2.50. The van der Waals surface area contributed by atoms with E-state index in [4.69, 9.17) is 34.8 Å². The zero-order valence-corrected chi connectivity index (χ0v) is 15.9. The number of hydrogen-bond donors (Lipinski definition) is 1. The van der Waals surface area contributed by atoms with Crippen LogP contribution < -0.4 is 10.2 Å². The number of pyridine rings is 1. The third-order valence-electron chi connectivity index (χ3n) is 4.13. The molecule has 2 amide bonds. The summed E-state index contributed by atoms with van der Waals surface area (Å²) in [6.07, 6.45) is 3.14. The number of carbonyl (C=O) groups excluding carboxylic acids is 1. The SMILES string of the molecule is Cc1ccc(NC(=O)N2CCN(c3c(Cl)cncc3Cl)CC2)cc1Cl. The molecule has 132 valence electrons. The Kier molecular flexibility index (Phi) is 5.57. The van der Waals surface area contributed by atoms with E-state index in [0.717, 1.165) is 11.3 Å². The molecule has 1 aromatic carbocycles. The number of aromatic nitrogens is 1. The molecule has 1 aromatic heterocycles. The second kappa shape index (κ2) is 7.68. The Balaban J connectivity index is 1.62. The van der Waals surface area contributed by atoms with Crippen molar-refractivity contribution in [3.63, 3.8) is 0 Å². The number of halogens is 3. The molecule has 5 nitrogen and oxygen atoms in total. The molecule has 3 rings (SSSR count). The van der Waals surface area contributed by atoms with Crippen molar-refractivity contribution in [2.24, 2.45) is 0 Å². The highest BCUT2D eigenvalue weighted by atomic mass is 35.5. The third-order valence-corrected chi connectivity index (χ3v) is 5.09. The number of rotatable bonds is 2. The summed E-state index contributed by atoms with van der Waals surface area (Å²) in [7, 11) is 0. The maximum Gasteiger partial charge on any atom is 0.321 e. The minimum absolute atomic E-state index is 0.147. The van der Waals surface area contributed by atoms with E-state index in [9.17, 15) is 4.79 Å². The number of nitrogens with zero attached hydrogens (tertiary/aromatic N) is 3. The van der Waals surface area contributed by atoms with Crippen LogP contribution in [0, 0.1) is 6.92 Å². The molecule has 1 aliphatic heterocycles. The lowest BCUT2D eigenvalue weighted by Gasteiger charge is -2.36. The Morgan fingerprint density at radius 3 is 2.28 bits per heavy atom. The second-order valence-corrected chi connectivity index (χ2v) is 7.04. The van der Waals surface area contributed by atoms with E-state index in [1.165, 1.54) is 0 Å². The number of carbonyl (C=O) groups is 1. The van der Waals surface area contributed by atoms with E-state index < -0.39 is 0 Å². The fraction of sp³-hybridized carbons (Fsp3) is 0.294. The van der Waals surface area contributed by atoms with E-state index in [0.29, 0.717) is 46.9 Å². The maximum atomic E-state index is 12.4. The number of hydrogen-bond acceptors (Lipinski definition) is 3. The molecular formula is C17H17Cl3N4O. The summed E-state index contributed by atoms with van der Waals surface area (Å²) < 4.78 is 0. The molecule has 0 unspecified atom stereocenters. The van der Waals surface area contributed by atoms with Crippen LogP contribution in [0.3, 0.4) is 0 Å². The minimum atomic E-state index is -0.147. The van der Waals surface area contributed by atoms with Gasteiger partial charge < -0.3 is 15.1 Å². The molecule has 0 aliphatic carbocycles. The molecule has 0 radical (unpaired) electrons. The van der Waals surface area contributed by atoms with Crippen molar-refractivity contribution in [2.45, 2.75) is 6.92 Å². The molecule has 1 fully saturated rings. The lowest BCUT2D eigenvalue weighted by atomic mass is 10.2. The summed E-state index contributed by atoms with van der Waals surface area (Å²) >= 11 is 18.5. The first-order valence-electron chi connectivity index (χ1n) is 7.81. The Morgan fingerprint density at radius 1 is 1.04 bits per heavy atom. The van der Waals surface area contributed by atoms with Crippen LogP contribution in [-0.2, 0) is 0 Å². The van der Waals surface area contributed by atoms with Gasteiger partial charge in [-0.25, -0.2) is 4.79 Å². The number of urea groups is 1. The molecule has 0 spiro atoms. The summed E-state index contributed by atoms with van der Waals surface area (Å²) in [5, 5.41) is 4.54. The molecule has 1 N–H and O–H groups in total. The summed E-state index contributed by atoms with van der Waals surface area (Å²) in [5.74, 6) is 0. The van der Waals surface area contributed by atoms with Gasteiger partial charge in [0.05, 0.1) is 15.7 Å². The Bertz CT molecular complexity index is 771. The quantitative estimate of drug-likeness (QED) is 0.796. The molecular weight excluding hydrogens is 383 g/mol. The zero-order chi connectivity index (χ0) is 18.0. The van der Waals surface area contributed by atoms with E-state index in [1.807, 2.05) is 19.1 Å². The lowest BCUT2D eigenvalue weighted by molar-refractivity contribution is 0.208. The molecule has 8 heteroatoms. The van der Waals surface area contributed by atoms with Crippen LogP contribution in [0.1, 0.15) is 5.56 Å². The van der Waals surface area contributed by atoms with Crippen molar-refractivity contribution in [1.29, 1.82) is 0 Å². The van der Waals surface area contributed by atoms with Crippen molar-refractivity contribution in [3.05, 3.63) is 51.2 Å². The number of aryl methyl sites for hydroxylation is 1. The van der Waals surface area contributed by atoms with Crippen LogP contribution in [0.2, 0.25) is 15.1 Å². The fourth-order valence-electron chi connectivity index (χ4n) is 2.71. The van der Waals surface area contributed by atoms with E-state index in [2.05, 4.69) is 15.2 Å². The number of anilines is 2. The molecule has 0 atom stereocenters. The van der Waals surface area contributed by atoms with Crippen LogP contribution in [0.15, 0.2) is 30.6 Å². The molecule has 25 heavy (non-hydrogen) atoms. The van der Waals surface area contributed by atoms with Gasteiger partial charge in [0, 0.05) is 49.3 Å². The first-order valence-corrected chi connectivity index (χ1v) is 8.95. The highest BCUT2D eigenvalue weighted by molar-refractivity contribution is 6.38. The topological polar surface area (TPSA) is 48.5 Å².